The van der Waals surface area contributed by atoms with E-state index in [0.29, 0.717) is 12.8 Å². The summed E-state index contributed by atoms with van der Waals surface area (Å²) in [7, 11) is 3.19. The van der Waals surface area contributed by atoms with Gasteiger partial charge in [-0.25, -0.2) is 4.98 Å². The third-order valence-electron chi connectivity index (χ3n) is 5.90. The van der Waals surface area contributed by atoms with E-state index in [1.165, 1.54) is 7.11 Å². The number of aliphatic hydroxyl groups is 1. The maximum atomic E-state index is 13.4. The number of nitrogens with one attached hydrogen (secondary N) is 3. The van der Waals surface area contributed by atoms with Crippen molar-refractivity contribution in [2.75, 3.05) is 20.7 Å². The highest BCUT2D eigenvalue weighted by molar-refractivity contribution is 5.90. The van der Waals surface area contributed by atoms with Crippen molar-refractivity contribution in [2.24, 2.45) is 0 Å². The van der Waals surface area contributed by atoms with Gasteiger partial charge in [0, 0.05) is 37.5 Å². The number of nitrogens with zero attached hydrogens (tertiary/aromatic N) is 2. The molecule has 0 spiro atoms. The lowest BCUT2D eigenvalue weighted by molar-refractivity contribution is -0.141. The van der Waals surface area contributed by atoms with Crippen LogP contribution in [0.3, 0.4) is 0 Å². The Morgan fingerprint density at radius 3 is 2.90 bits per heavy atom. The zero-order chi connectivity index (χ0) is 21.8. The highest BCUT2D eigenvalue weighted by Gasteiger charge is 2.40. The first-order valence-corrected chi connectivity index (χ1v) is 10.3. The predicted molar refractivity (Wildman–Crippen MR) is 113 cm³/mol. The molecule has 164 valence electrons. The fourth-order valence-corrected chi connectivity index (χ4v) is 3.89. The molecular weight excluding hydrogens is 386 g/mol. The maximum absolute atomic E-state index is 13.4. The van der Waals surface area contributed by atoms with Crippen LogP contribution < -0.4 is 10.6 Å². The Labute approximate surface area is 176 Å². The summed E-state index contributed by atoms with van der Waals surface area (Å²) in [6.07, 6.45) is 3.57. The molecule has 0 aromatic carbocycles. The van der Waals surface area contributed by atoms with E-state index in [1.54, 1.807) is 32.0 Å². The third kappa shape index (κ3) is 4.63. The molecule has 0 unspecified atom stereocenters. The second-order valence-corrected chi connectivity index (χ2v) is 7.89. The number of hydrogen-bond donors (Lipinski definition) is 4. The lowest BCUT2D eigenvalue weighted by Crippen LogP contribution is -2.58. The lowest BCUT2D eigenvalue weighted by Gasteiger charge is -2.32. The predicted octanol–water partition coefficient (Wildman–Crippen LogP) is 0.195. The van der Waals surface area contributed by atoms with Crippen molar-refractivity contribution in [1.29, 1.82) is 0 Å². The van der Waals surface area contributed by atoms with E-state index in [-0.39, 0.29) is 24.4 Å². The van der Waals surface area contributed by atoms with Crippen molar-refractivity contribution in [2.45, 2.75) is 57.0 Å². The SMILES string of the molecule is CN[C@@H](C)C(=O)N[C@H](C(=O)N1C[C@@H](O)C[C@H]1Cc1c[nH]c2ncccc12)[C@@H](C)OC. The molecule has 30 heavy (non-hydrogen) atoms. The molecule has 1 saturated heterocycles. The second kappa shape index (κ2) is 9.55. The maximum Gasteiger partial charge on any atom is 0.248 e. The Morgan fingerprint density at radius 1 is 1.43 bits per heavy atom. The minimum absolute atomic E-state index is 0.183. The van der Waals surface area contributed by atoms with Crippen molar-refractivity contribution in [1.82, 2.24) is 25.5 Å². The van der Waals surface area contributed by atoms with Crippen LogP contribution in [0, 0.1) is 0 Å². The molecule has 9 nitrogen and oxygen atoms in total. The van der Waals surface area contributed by atoms with Crippen LogP contribution in [0.4, 0.5) is 0 Å². The normalized spacial score (nSPS) is 22.1. The number of aliphatic hydroxyl groups excluding tert-OH is 1. The number of carbonyl (C=O) groups excluding carboxylic acids is 2. The van der Waals surface area contributed by atoms with Crippen molar-refractivity contribution in [3.63, 3.8) is 0 Å². The zero-order valence-corrected chi connectivity index (χ0v) is 17.9. The summed E-state index contributed by atoms with van der Waals surface area (Å²) in [6, 6.07) is 2.40. The van der Waals surface area contributed by atoms with Crippen molar-refractivity contribution in [3.05, 3.63) is 30.1 Å². The molecule has 3 rings (SSSR count). The summed E-state index contributed by atoms with van der Waals surface area (Å²) in [5.41, 5.74) is 1.84. The Morgan fingerprint density at radius 2 is 2.20 bits per heavy atom. The van der Waals surface area contributed by atoms with Gasteiger partial charge >= 0.3 is 0 Å². The van der Waals surface area contributed by atoms with Crippen LogP contribution in [-0.4, -0.2) is 82.8 Å². The number of rotatable bonds is 8. The summed E-state index contributed by atoms with van der Waals surface area (Å²) in [4.78, 5) is 35.0. The minimum Gasteiger partial charge on any atom is -0.391 e. The van der Waals surface area contributed by atoms with Crippen LogP contribution in [0.5, 0.6) is 0 Å². The van der Waals surface area contributed by atoms with E-state index in [2.05, 4.69) is 20.6 Å². The monoisotopic (exact) mass is 417 g/mol. The van der Waals surface area contributed by atoms with Crippen LogP contribution in [0.1, 0.15) is 25.8 Å². The highest BCUT2D eigenvalue weighted by Crippen LogP contribution is 2.26. The van der Waals surface area contributed by atoms with Crippen LogP contribution in [0.15, 0.2) is 24.5 Å². The number of pyridine rings is 1. The Bertz CT molecular complexity index is 885. The number of amides is 2. The number of carbonyl (C=O) groups is 2. The van der Waals surface area contributed by atoms with Gasteiger partial charge < -0.3 is 30.4 Å². The van der Waals surface area contributed by atoms with Crippen molar-refractivity contribution in [3.8, 4) is 0 Å². The first kappa shape index (κ1) is 22.2. The summed E-state index contributed by atoms with van der Waals surface area (Å²) >= 11 is 0. The van der Waals surface area contributed by atoms with Gasteiger partial charge in [0.1, 0.15) is 11.7 Å². The molecule has 0 saturated carbocycles. The molecule has 2 aromatic rings. The molecule has 2 aromatic heterocycles. The van der Waals surface area contributed by atoms with Crippen LogP contribution in [-0.2, 0) is 20.7 Å². The molecule has 5 atom stereocenters. The first-order chi connectivity index (χ1) is 14.3. The molecular formula is C21H31N5O4. The van der Waals surface area contributed by atoms with Gasteiger partial charge in [0.05, 0.1) is 18.2 Å². The summed E-state index contributed by atoms with van der Waals surface area (Å²) in [5.74, 6) is -0.528. The van der Waals surface area contributed by atoms with E-state index in [9.17, 15) is 14.7 Å². The standard InChI is InChI=1S/C21H31N5O4/c1-12(22-3)20(28)25-18(13(2)30-4)21(29)26-11-16(27)9-15(26)8-14-10-24-19-17(14)6-5-7-23-19/h5-7,10,12-13,15-16,18,22,27H,8-9,11H2,1-4H3,(H,23,24)(H,25,28)/t12-,13+,15+,16-,18-/m0/s1. The molecule has 3 heterocycles. The number of fused-ring (bicyclic) bond motifs is 1. The largest absolute Gasteiger partial charge is 0.391 e. The van der Waals surface area contributed by atoms with E-state index in [0.717, 1.165) is 16.6 Å². The summed E-state index contributed by atoms with van der Waals surface area (Å²) in [5, 5.41) is 17.0. The molecule has 9 heteroatoms. The second-order valence-electron chi connectivity index (χ2n) is 7.89. The first-order valence-electron chi connectivity index (χ1n) is 10.3. The number of methoxy groups -OCH3 is 1. The summed E-state index contributed by atoms with van der Waals surface area (Å²) in [6.45, 7) is 3.70. The molecule has 2 amide bonds. The zero-order valence-electron chi connectivity index (χ0n) is 17.9. The Hall–Kier alpha value is -2.49. The Balaban J connectivity index is 1.80. The molecule has 0 aliphatic carbocycles. The van der Waals surface area contributed by atoms with Gasteiger partial charge in [-0.2, -0.15) is 0 Å². The number of aromatic amines is 1. The highest BCUT2D eigenvalue weighted by atomic mass is 16.5. The fourth-order valence-electron chi connectivity index (χ4n) is 3.89. The third-order valence-corrected chi connectivity index (χ3v) is 5.90. The van der Waals surface area contributed by atoms with E-state index >= 15 is 0 Å². The molecule has 1 fully saturated rings. The van der Waals surface area contributed by atoms with Crippen LogP contribution >= 0.6 is 0 Å². The number of likely N-dealkylation sites (tertiary alicyclic amines) is 1. The minimum atomic E-state index is -0.837. The number of ether oxygens (including phenoxy) is 1. The summed E-state index contributed by atoms with van der Waals surface area (Å²) < 4.78 is 5.37. The van der Waals surface area contributed by atoms with Crippen LogP contribution in [0.2, 0.25) is 0 Å². The average molecular weight is 418 g/mol. The van der Waals surface area contributed by atoms with Gasteiger partial charge in [0.2, 0.25) is 11.8 Å². The number of aromatic nitrogens is 2. The van der Waals surface area contributed by atoms with E-state index in [4.69, 9.17) is 4.74 Å². The van der Waals surface area contributed by atoms with Gasteiger partial charge in [0.25, 0.3) is 0 Å². The fraction of sp³-hybridized carbons (Fsp3) is 0.571. The van der Waals surface area contributed by atoms with Gasteiger partial charge in [-0.3, -0.25) is 9.59 Å². The van der Waals surface area contributed by atoms with Crippen molar-refractivity contribution >= 4 is 22.8 Å². The number of H-pyrrole nitrogens is 1. The molecule has 0 bridgehead atoms. The molecule has 0 radical (unpaired) electrons. The smallest absolute Gasteiger partial charge is 0.248 e. The quantitative estimate of drug-likeness (QED) is 0.487. The van der Waals surface area contributed by atoms with E-state index in [1.807, 2.05) is 18.3 Å². The lowest BCUT2D eigenvalue weighted by atomic mass is 10.0. The number of hydrogen-bond acceptors (Lipinski definition) is 6. The number of β-amino-alcohol motifs (C(OH)–C–C–N with tert-alkyl or cyclic N) is 1. The average Bonchev–Trinajstić information content (AvgIpc) is 3.33. The van der Waals surface area contributed by atoms with E-state index < -0.39 is 24.3 Å². The molecule has 1 aliphatic rings. The van der Waals surface area contributed by atoms with Gasteiger partial charge in [-0.05, 0) is 51.4 Å². The topological polar surface area (TPSA) is 120 Å². The van der Waals surface area contributed by atoms with Gasteiger partial charge in [0.15, 0.2) is 0 Å². The van der Waals surface area contributed by atoms with Crippen molar-refractivity contribution < 1.29 is 19.4 Å². The molecule has 1 aliphatic heterocycles. The van der Waals surface area contributed by atoms with Gasteiger partial charge in [-0.1, -0.05) is 0 Å². The Kier molecular flexibility index (Phi) is 7.06. The number of likely N-dealkylation sites (N-methyl/N-ethyl adjacent to an activating group) is 1. The molecule has 4 N–H and O–H groups in total. The van der Waals surface area contributed by atoms with Gasteiger partial charge in [-0.15, -0.1) is 0 Å². The van der Waals surface area contributed by atoms with Crippen LogP contribution in [0.25, 0.3) is 11.0 Å².